The van der Waals surface area contributed by atoms with E-state index in [-0.39, 0.29) is 5.97 Å². The normalized spacial score (nSPS) is 12.9. The van der Waals surface area contributed by atoms with Gasteiger partial charge in [0, 0.05) is 11.5 Å². The van der Waals surface area contributed by atoms with E-state index in [0.29, 0.717) is 11.5 Å². The Bertz CT molecular complexity index is 538. The maximum atomic E-state index is 11.6. The summed E-state index contributed by atoms with van der Waals surface area (Å²) in [6.07, 6.45) is 7.85. The molecule has 0 aliphatic rings. The van der Waals surface area contributed by atoms with Gasteiger partial charge in [0.05, 0.1) is 0 Å². The van der Waals surface area contributed by atoms with E-state index in [1.807, 2.05) is 44.2 Å². The largest absolute Gasteiger partial charge is 0.452 e. The average Bonchev–Trinajstić information content (AvgIpc) is 2.47. The molecule has 0 saturated heterocycles. The van der Waals surface area contributed by atoms with E-state index in [1.165, 1.54) is 5.56 Å². The first-order valence-corrected chi connectivity index (χ1v) is 7.60. The number of allylic oxidation sites excluding steroid dienone is 2. The Hall–Kier alpha value is -2.09. The van der Waals surface area contributed by atoms with Gasteiger partial charge in [-0.1, -0.05) is 49.1 Å². The zero-order chi connectivity index (χ0) is 16.6. The lowest BCUT2D eigenvalue weighted by Gasteiger charge is -2.21. The van der Waals surface area contributed by atoms with Crippen molar-refractivity contribution in [1.29, 1.82) is 0 Å². The molecule has 0 fully saturated rings. The molecule has 1 rings (SSSR count). The van der Waals surface area contributed by atoms with Crippen molar-refractivity contribution in [1.82, 2.24) is 0 Å². The average molecular weight is 298 g/mol. The smallest absolute Gasteiger partial charge is 0.333 e. The van der Waals surface area contributed by atoms with E-state index in [9.17, 15) is 4.79 Å². The molecule has 1 atom stereocenters. The zero-order valence-corrected chi connectivity index (χ0v) is 13.8. The molecule has 0 aliphatic heterocycles. The van der Waals surface area contributed by atoms with E-state index in [1.54, 1.807) is 6.92 Å². The summed E-state index contributed by atoms with van der Waals surface area (Å²) in [6.45, 7) is 12.9. The van der Waals surface area contributed by atoms with Gasteiger partial charge in [0.1, 0.15) is 5.60 Å². The summed E-state index contributed by atoms with van der Waals surface area (Å²) in [5.41, 5.74) is 1.07. The molecular weight excluding hydrogens is 272 g/mol. The second-order valence-electron chi connectivity index (χ2n) is 6.01. The molecule has 0 spiro atoms. The van der Waals surface area contributed by atoms with Crippen LogP contribution in [-0.2, 0) is 9.53 Å². The van der Waals surface area contributed by atoms with E-state index in [4.69, 9.17) is 4.74 Å². The highest BCUT2D eigenvalue weighted by atomic mass is 16.6. The summed E-state index contributed by atoms with van der Waals surface area (Å²) < 4.78 is 5.37. The van der Waals surface area contributed by atoms with Gasteiger partial charge in [0.2, 0.25) is 0 Å². The number of hydrogen-bond donors (Lipinski definition) is 0. The van der Waals surface area contributed by atoms with Crippen molar-refractivity contribution >= 4 is 5.97 Å². The molecule has 1 unspecified atom stereocenters. The molecule has 0 radical (unpaired) electrons. The maximum absolute atomic E-state index is 11.6. The van der Waals surface area contributed by atoms with Gasteiger partial charge in [0.25, 0.3) is 0 Å². The lowest BCUT2D eigenvalue weighted by Crippen LogP contribution is -2.25. The Balaban J connectivity index is 2.52. The van der Waals surface area contributed by atoms with Crippen LogP contribution in [0.1, 0.15) is 45.1 Å². The molecule has 2 heteroatoms. The Labute approximate surface area is 134 Å². The van der Waals surface area contributed by atoms with Crippen LogP contribution in [0.25, 0.3) is 0 Å². The lowest BCUT2D eigenvalue weighted by molar-refractivity contribution is -0.147. The predicted molar refractivity (Wildman–Crippen MR) is 92.7 cm³/mol. The van der Waals surface area contributed by atoms with Crippen molar-refractivity contribution in [3.63, 3.8) is 0 Å². The summed E-state index contributed by atoms with van der Waals surface area (Å²) in [4.78, 5) is 11.6. The van der Waals surface area contributed by atoms with Crippen molar-refractivity contribution in [3.05, 3.63) is 72.9 Å². The van der Waals surface area contributed by atoms with Crippen LogP contribution < -0.4 is 0 Å². The summed E-state index contributed by atoms with van der Waals surface area (Å²) in [7, 11) is 0. The van der Waals surface area contributed by atoms with Crippen LogP contribution >= 0.6 is 0 Å². The summed E-state index contributed by atoms with van der Waals surface area (Å²) >= 11 is 0. The summed E-state index contributed by atoms with van der Waals surface area (Å²) in [5, 5.41) is 0. The van der Waals surface area contributed by atoms with Gasteiger partial charge < -0.3 is 4.74 Å². The lowest BCUT2D eigenvalue weighted by atomic mass is 9.94. The number of ether oxygens (including phenoxy) is 1. The predicted octanol–water partition coefficient (Wildman–Crippen LogP) is 5.19. The van der Waals surface area contributed by atoms with Crippen LogP contribution in [0.2, 0.25) is 0 Å². The minimum Gasteiger partial charge on any atom is -0.452 e. The van der Waals surface area contributed by atoms with Crippen molar-refractivity contribution in [3.8, 4) is 0 Å². The van der Waals surface area contributed by atoms with E-state index < -0.39 is 5.60 Å². The van der Waals surface area contributed by atoms with E-state index >= 15 is 0 Å². The van der Waals surface area contributed by atoms with Crippen LogP contribution in [0.4, 0.5) is 0 Å². The molecule has 2 nitrogen and oxygen atoms in total. The highest BCUT2D eigenvalue weighted by molar-refractivity contribution is 5.87. The van der Waals surface area contributed by atoms with Gasteiger partial charge in [0.15, 0.2) is 0 Å². The summed E-state index contributed by atoms with van der Waals surface area (Å²) in [5.74, 6) is -0.0187. The third-order valence-electron chi connectivity index (χ3n) is 3.38. The zero-order valence-electron chi connectivity index (χ0n) is 13.8. The van der Waals surface area contributed by atoms with Crippen molar-refractivity contribution in [2.75, 3.05) is 0 Å². The molecule has 0 aliphatic carbocycles. The topological polar surface area (TPSA) is 26.3 Å². The fourth-order valence-electron chi connectivity index (χ4n) is 2.12. The van der Waals surface area contributed by atoms with Crippen LogP contribution in [0.3, 0.4) is 0 Å². The fraction of sp³-hybridized carbons (Fsp3) is 0.350. The molecule has 0 heterocycles. The number of hydrogen-bond acceptors (Lipinski definition) is 2. The molecule has 118 valence electrons. The standard InChI is InChI=1S/C20H26O2/c1-6-17(18-13-8-7-9-14-18)12-10-11-15-20(4,5)22-19(21)16(2)3/h6-9,11,13-15,17H,1-2,10,12H2,3-5H3. The van der Waals surface area contributed by atoms with E-state index in [0.717, 1.165) is 12.8 Å². The van der Waals surface area contributed by atoms with Gasteiger partial charge in [-0.15, -0.1) is 6.58 Å². The Morgan fingerprint density at radius 3 is 2.50 bits per heavy atom. The first-order valence-electron chi connectivity index (χ1n) is 7.60. The molecule has 0 saturated carbocycles. The highest BCUT2D eigenvalue weighted by Crippen LogP contribution is 2.23. The fourth-order valence-corrected chi connectivity index (χ4v) is 2.12. The monoisotopic (exact) mass is 298 g/mol. The number of carbonyl (C=O) groups excluding carboxylic acids is 1. The molecule has 1 aromatic carbocycles. The first kappa shape index (κ1) is 18.0. The minimum absolute atomic E-state index is 0.340. The molecule has 22 heavy (non-hydrogen) atoms. The van der Waals surface area contributed by atoms with Gasteiger partial charge >= 0.3 is 5.97 Å². The van der Waals surface area contributed by atoms with Crippen molar-refractivity contribution in [2.24, 2.45) is 0 Å². The third-order valence-corrected chi connectivity index (χ3v) is 3.38. The maximum Gasteiger partial charge on any atom is 0.333 e. The second-order valence-corrected chi connectivity index (χ2v) is 6.01. The van der Waals surface area contributed by atoms with Crippen LogP contribution in [0.15, 0.2) is 67.3 Å². The molecule has 0 bridgehead atoms. The van der Waals surface area contributed by atoms with E-state index in [2.05, 4.69) is 31.4 Å². The SMILES string of the molecule is C=CC(CCC=CC(C)(C)OC(=O)C(=C)C)c1ccccc1. The third kappa shape index (κ3) is 6.13. The van der Waals surface area contributed by atoms with Crippen LogP contribution in [-0.4, -0.2) is 11.6 Å². The van der Waals surface area contributed by atoms with Gasteiger partial charge in [-0.3, -0.25) is 0 Å². The van der Waals surface area contributed by atoms with Gasteiger partial charge in [-0.05, 0) is 45.3 Å². The van der Waals surface area contributed by atoms with Crippen molar-refractivity contribution < 1.29 is 9.53 Å². The minimum atomic E-state index is -0.619. The number of esters is 1. The second kappa shape index (κ2) is 8.38. The number of carbonyl (C=O) groups is 1. The van der Waals surface area contributed by atoms with Crippen LogP contribution in [0.5, 0.6) is 0 Å². The number of rotatable bonds is 8. The molecule has 0 N–H and O–H groups in total. The Kier molecular flexibility index (Phi) is 6.84. The van der Waals surface area contributed by atoms with Crippen molar-refractivity contribution in [2.45, 2.75) is 45.1 Å². The molecular formula is C20H26O2. The first-order chi connectivity index (χ1) is 10.4. The highest BCUT2D eigenvalue weighted by Gasteiger charge is 2.19. The Morgan fingerprint density at radius 1 is 1.32 bits per heavy atom. The van der Waals surface area contributed by atoms with Gasteiger partial charge in [-0.2, -0.15) is 0 Å². The quantitative estimate of drug-likeness (QED) is 0.375. The molecule has 1 aromatic rings. The Morgan fingerprint density at radius 2 is 1.95 bits per heavy atom. The van der Waals surface area contributed by atoms with Crippen LogP contribution in [0, 0.1) is 0 Å². The summed E-state index contributed by atoms with van der Waals surface area (Å²) in [6, 6.07) is 10.3. The molecule has 0 amide bonds. The van der Waals surface area contributed by atoms with Gasteiger partial charge in [-0.25, -0.2) is 4.79 Å². The number of benzene rings is 1. The molecule has 0 aromatic heterocycles.